The summed E-state index contributed by atoms with van der Waals surface area (Å²) in [6.45, 7) is 3.19. The van der Waals surface area contributed by atoms with Gasteiger partial charge in [0.25, 0.3) is 0 Å². The molecule has 0 spiro atoms. The molecule has 0 aromatic heterocycles. The van der Waals surface area contributed by atoms with Crippen molar-refractivity contribution >= 4 is 6.03 Å². The molecule has 2 saturated carbocycles. The Morgan fingerprint density at radius 3 is 2.40 bits per heavy atom. The highest BCUT2D eigenvalue weighted by Gasteiger charge is 2.24. The van der Waals surface area contributed by atoms with E-state index >= 15 is 0 Å². The van der Waals surface area contributed by atoms with Gasteiger partial charge in [-0.05, 0) is 37.5 Å². The molecule has 0 atom stereocenters. The van der Waals surface area contributed by atoms with Crippen LogP contribution in [0, 0.1) is 11.8 Å². The van der Waals surface area contributed by atoms with Crippen LogP contribution in [0.4, 0.5) is 4.79 Å². The van der Waals surface area contributed by atoms with Gasteiger partial charge in [-0.2, -0.15) is 0 Å². The third-order valence-corrected chi connectivity index (χ3v) is 3.60. The smallest absolute Gasteiger partial charge is 0.315 e. The van der Waals surface area contributed by atoms with Gasteiger partial charge in [0.1, 0.15) is 0 Å². The van der Waals surface area contributed by atoms with Gasteiger partial charge in [0, 0.05) is 12.6 Å². The van der Waals surface area contributed by atoms with Crippen molar-refractivity contribution in [3.63, 3.8) is 0 Å². The normalized spacial score (nSPS) is 31.0. The zero-order chi connectivity index (χ0) is 10.7. The number of rotatable bonds is 3. The molecule has 0 aliphatic heterocycles. The van der Waals surface area contributed by atoms with E-state index in [1.54, 1.807) is 0 Å². The first-order valence-electron chi connectivity index (χ1n) is 6.28. The van der Waals surface area contributed by atoms with Crippen LogP contribution in [0.5, 0.6) is 0 Å². The van der Waals surface area contributed by atoms with Crippen LogP contribution >= 0.6 is 0 Å². The van der Waals surface area contributed by atoms with E-state index in [1.165, 1.54) is 25.7 Å². The van der Waals surface area contributed by atoms with Gasteiger partial charge in [0.15, 0.2) is 0 Å². The number of amides is 2. The molecule has 0 heterocycles. The second-order valence-electron chi connectivity index (χ2n) is 5.25. The van der Waals surface area contributed by atoms with E-state index in [2.05, 4.69) is 17.6 Å². The monoisotopic (exact) mass is 210 g/mol. The zero-order valence-electron chi connectivity index (χ0n) is 9.59. The highest BCUT2D eigenvalue weighted by Crippen LogP contribution is 2.27. The molecule has 0 saturated heterocycles. The summed E-state index contributed by atoms with van der Waals surface area (Å²) in [5.41, 5.74) is 0. The van der Waals surface area contributed by atoms with Gasteiger partial charge in [0.2, 0.25) is 0 Å². The second-order valence-corrected chi connectivity index (χ2v) is 5.25. The summed E-state index contributed by atoms with van der Waals surface area (Å²) in [6, 6.07) is 0.507. The molecule has 3 nitrogen and oxygen atoms in total. The molecule has 15 heavy (non-hydrogen) atoms. The highest BCUT2D eigenvalue weighted by molar-refractivity contribution is 5.74. The lowest BCUT2D eigenvalue weighted by Crippen LogP contribution is -2.39. The molecule has 0 aromatic rings. The van der Waals surface area contributed by atoms with Crippen molar-refractivity contribution in [1.29, 1.82) is 0 Å². The molecule has 2 rings (SSSR count). The molecule has 0 aromatic carbocycles. The molecule has 2 aliphatic carbocycles. The molecule has 0 bridgehead atoms. The van der Waals surface area contributed by atoms with E-state index in [0.717, 1.165) is 25.3 Å². The fourth-order valence-corrected chi connectivity index (χ4v) is 2.23. The maximum atomic E-state index is 11.4. The standard InChI is InChI=1S/C12H22N2O/c1-9-2-4-10(5-3-9)8-13-12(15)14-11-6-7-11/h9-11H,2-8H2,1H3,(H2,13,14,15). The Balaban J connectivity index is 1.58. The highest BCUT2D eigenvalue weighted by atomic mass is 16.2. The van der Waals surface area contributed by atoms with Crippen molar-refractivity contribution in [2.45, 2.75) is 51.5 Å². The largest absolute Gasteiger partial charge is 0.338 e. The van der Waals surface area contributed by atoms with Crippen LogP contribution in [0.15, 0.2) is 0 Å². The van der Waals surface area contributed by atoms with Crippen molar-refractivity contribution < 1.29 is 4.79 Å². The summed E-state index contributed by atoms with van der Waals surface area (Å²) in [5, 5.41) is 5.94. The quantitative estimate of drug-likeness (QED) is 0.737. The predicted octanol–water partition coefficient (Wildman–Crippen LogP) is 2.27. The lowest BCUT2D eigenvalue weighted by Gasteiger charge is -2.26. The maximum Gasteiger partial charge on any atom is 0.315 e. The predicted molar refractivity (Wildman–Crippen MR) is 60.7 cm³/mol. The molecule has 2 amide bonds. The minimum Gasteiger partial charge on any atom is -0.338 e. The molecule has 2 fully saturated rings. The molecule has 0 unspecified atom stereocenters. The van der Waals surface area contributed by atoms with E-state index in [0.29, 0.717) is 12.0 Å². The van der Waals surface area contributed by atoms with E-state index in [4.69, 9.17) is 0 Å². The van der Waals surface area contributed by atoms with Crippen LogP contribution in [0.1, 0.15) is 45.4 Å². The van der Waals surface area contributed by atoms with Crippen molar-refractivity contribution in [2.24, 2.45) is 11.8 Å². The van der Waals surface area contributed by atoms with Gasteiger partial charge in [-0.1, -0.05) is 19.8 Å². The Labute approximate surface area is 92.0 Å². The lowest BCUT2D eigenvalue weighted by molar-refractivity contribution is 0.232. The van der Waals surface area contributed by atoms with Crippen LogP contribution in [0.2, 0.25) is 0 Å². The summed E-state index contributed by atoms with van der Waals surface area (Å²) in [6.07, 6.45) is 7.55. The first-order chi connectivity index (χ1) is 7.24. The van der Waals surface area contributed by atoms with Crippen LogP contribution in [0.3, 0.4) is 0 Å². The number of hydrogen-bond acceptors (Lipinski definition) is 1. The molecule has 3 heteroatoms. The molecule has 86 valence electrons. The molecular weight excluding hydrogens is 188 g/mol. The second kappa shape index (κ2) is 4.86. The maximum absolute atomic E-state index is 11.4. The first kappa shape index (κ1) is 10.8. The van der Waals surface area contributed by atoms with Crippen LogP contribution in [-0.4, -0.2) is 18.6 Å². The Hall–Kier alpha value is -0.730. The average molecular weight is 210 g/mol. The molecule has 0 radical (unpaired) electrons. The minimum absolute atomic E-state index is 0.0381. The van der Waals surface area contributed by atoms with Gasteiger partial charge >= 0.3 is 6.03 Å². The van der Waals surface area contributed by atoms with E-state index in [-0.39, 0.29) is 6.03 Å². The van der Waals surface area contributed by atoms with E-state index in [1.807, 2.05) is 0 Å². The zero-order valence-corrected chi connectivity index (χ0v) is 9.59. The first-order valence-corrected chi connectivity index (χ1v) is 6.28. The van der Waals surface area contributed by atoms with Crippen molar-refractivity contribution in [3.05, 3.63) is 0 Å². The fourth-order valence-electron chi connectivity index (χ4n) is 2.23. The Kier molecular flexibility index (Phi) is 3.49. The topological polar surface area (TPSA) is 41.1 Å². The Morgan fingerprint density at radius 1 is 1.13 bits per heavy atom. The summed E-state index contributed by atoms with van der Waals surface area (Å²) >= 11 is 0. The summed E-state index contributed by atoms with van der Waals surface area (Å²) in [4.78, 5) is 11.4. The van der Waals surface area contributed by atoms with Crippen LogP contribution < -0.4 is 10.6 Å². The van der Waals surface area contributed by atoms with Crippen molar-refractivity contribution in [3.8, 4) is 0 Å². The number of nitrogens with one attached hydrogen (secondary N) is 2. The van der Waals surface area contributed by atoms with Crippen molar-refractivity contribution in [1.82, 2.24) is 10.6 Å². The van der Waals surface area contributed by atoms with Gasteiger partial charge in [-0.25, -0.2) is 4.79 Å². The summed E-state index contributed by atoms with van der Waals surface area (Å²) in [5.74, 6) is 1.60. The third-order valence-electron chi connectivity index (χ3n) is 3.60. The SMILES string of the molecule is CC1CCC(CNC(=O)NC2CC2)CC1. The van der Waals surface area contributed by atoms with Crippen LogP contribution in [-0.2, 0) is 0 Å². The number of hydrogen-bond donors (Lipinski definition) is 2. The van der Waals surface area contributed by atoms with Gasteiger partial charge in [-0.15, -0.1) is 0 Å². The Bertz CT molecular complexity index is 218. The summed E-state index contributed by atoms with van der Waals surface area (Å²) < 4.78 is 0. The molecular formula is C12H22N2O. The minimum atomic E-state index is 0.0381. The van der Waals surface area contributed by atoms with Gasteiger partial charge in [0.05, 0.1) is 0 Å². The van der Waals surface area contributed by atoms with E-state index < -0.39 is 0 Å². The van der Waals surface area contributed by atoms with Crippen LogP contribution in [0.25, 0.3) is 0 Å². The van der Waals surface area contributed by atoms with Crippen molar-refractivity contribution in [2.75, 3.05) is 6.54 Å². The lowest BCUT2D eigenvalue weighted by atomic mass is 9.83. The fraction of sp³-hybridized carbons (Fsp3) is 0.917. The number of urea groups is 1. The Morgan fingerprint density at radius 2 is 1.80 bits per heavy atom. The molecule has 2 aliphatic rings. The van der Waals surface area contributed by atoms with Gasteiger partial charge in [-0.3, -0.25) is 0 Å². The molecule has 2 N–H and O–H groups in total. The summed E-state index contributed by atoms with van der Waals surface area (Å²) in [7, 11) is 0. The van der Waals surface area contributed by atoms with Gasteiger partial charge < -0.3 is 10.6 Å². The third kappa shape index (κ3) is 3.73. The average Bonchev–Trinajstić information content (AvgIpc) is 3.01. The van der Waals surface area contributed by atoms with E-state index in [9.17, 15) is 4.79 Å². The number of carbonyl (C=O) groups is 1. The number of carbonyl (C=O) groups excluding carboxylic acids is 1.